The number of nitrogens with zero attached hydrogens (tertiary/aromatic N) is 2. The summed E-state index contributed by atoms with van der Waals surface area (Å²) in [5.41, 5.74) is 1.19. The first-order valence-corrected chi connectivity index (χ1v) is 7.33. The van der Waals surface area contributed by atoms with E-state index in [0.717, 1.165) is 5.56 Å². The highest BCUT2D eigenvalue weighted by atomic mass is 19.1. The monoisotopic (exact) mass is 316 g/mol. The van der Waals surface area contributed by atoms with E-state index in [9.17, 15) is 9.18 Å². The highest BCUT2D eigenvalue weighted by Gasteiger charge is 2.27. The van der Waals surface area contributed by atoms with Crippen molar-refractivity contribution in [3.05, 3.63) is 59.7 Å². The van der Waals surface area contributed by atoms with Gasteiger partial charge in [-0.2, -0.15) is 0 Å². The van der Waals surface area contributed by atoms with Gasteiger partial charge in [-0.1, -0.05) is 0 Å². The second-order valence-corrected chi connectivity index (χ2v) is 5.24. The predicted octanol–water partition coefficient (Wildman–Crippen LogP) is 2.44. The standard InChI is InChI=1S/C17H17FN2O3/c1-22-15-3-2-13(18)10-14(15)17(21)20-8-9-23-16(11-20)12-4-6-19-7-5-12/h2-7,10,16H,8-9,11H2,1H3. The molecule has 3 rings (SSSR count). The number of carbonyl (C=O) groups excluding carboxylic acids is 1. The lowest BCUT2D eigenvalue weighted by atomic mass is 10.1. The maximum absolute atomic E-state index is 13.5. The molecule has 1 aromatic carbocycles. The van der Waals surface area contributed by atoms with Crippen LogP contribution in [0.1, 0.15) is 22.0 Å². The van der Waals surface area contributed by atoms with Gasteiger partial charge in [-0.15, -0.1) is 0 Å². The largest absolute Gasteiger partial charge is 0.496 e. The van der Waals surface area contributed by atoms with Crippen molar-refractivity contribution in [2.75, 3.05) is 26.8 Å². The van der Waals surface area contributed by atoms with E-state index in [0.29, 0.717) is 25.4 Å². The summed E-state index contributed by atoms with van der Waals surface area (Å²) in [6, 6.07) is 7.67. The Balaban J connectivity index is 1.81. The third-order valence-electron chi connectivity index (χ3n) is 3.82. The van der Waals surface area contributed by atoms with E-state index in [-0.39, 0.29) is 17.6 Å². The molecule has 0 radical (unpaired) electrons. The number of methoxy groups -OCH3 is 1. The summed E-state index contributed by atoms with van der Waals surface area (Å²) in [5.74, 6) is -0.361. The van der Waals surface area contributed by atoms with E-state index in [4.69, 9.17) is 9.47 Å². The molecule has 0 saturated carbocycles. The number of rotatable bonds is 3. The van der Waals surface area contributed by atoms with Crippen LogP contribution in [0.3, 0.4) is 0 Å². The van der Waals surface area contributed by atoms with Crippen LogP contribution in [0.25, 0.3) is 0 Å². The van der Waals surface area contributed by atoms with Gasteiger partial charge in [0, 0.05) is 18.9 Å². The molecule has 1 aliphatic heterocycles. The lowest BCUT2D eigenvalue weighted by molar-refractivity contribution is -0.0229. The van der Waals surface area contributed by atoms with Crippen molar-refractivity contribution in [1.82, 2.24) is 9.88 Å². The summed E-state index contributed by atoms with van der Waals surface area (Å²) < 4.78 is 24.4. The van der Waals surface area contributed by atoms with Gasteiger partial charge >= 0.3 is 0 Å². The molecule has 1 aliphatic rings. The van der Waals surface area contributed by atoms with Gasteiger partial charge in [0.1, 0.15) is 17.7 Å². The average molecular weight is 316 g/mol. The minimum absolute atomic E-state index is 0.213. The van der Waals surface area contributed by atoms with Crippen LogP contribution in [0.15, 0.2) is 42.7 Å². The maximum atomic E-state index is 13.5. The summed E-state index contributed by atoms with van der Waals surface area (Å²) in [5, 5.41) is 0. The molecule has 120 valence electrons. The molecule has 1 atom stereocenters. The van der Waals surface area contributed by atoms with Gasteiger partial charge in [-0.05, 0) is 35.9 Å². The van der Waals surface area contributed by atoms with E-state index in [1.807, 2.05) is 12.1 Å². The number of halogens is 1. The Morgan fingerprint density at radius 2 is 2.13 bits per heavy atom. The normalized spacial score (nSPS) is 17.8. The molecule has 6 heteroatoms. The topological polar surface area (TPSA) is 51.7 Å². The van der Waals surface area contributed by atoms with Crippen molar-refractivity contribution >= 4 is 5.91 Å². The van der Waals surface area contributed by atoms with Crippen LogP contribution in [0.5, 0.6) is 5.75 Å². The van der Waals surface area contributed by atoms with Gasteiger partial charge < -0.3 is 14.4 Å². The van der Waals surface area contributed by atoms with E-state index in [2.05, 4.69) is 4.98 Å². The van der Waals surface area contributed by atoms with Crippen LogP contribution in [-0.2, 0) is 4.74 Å². The molecule has 0 spiro atoms. The van der Waals surface area contributed by atoms with Crippen molar-refractivity contribution in [3.63, 3.8) is 0 Å². The van der Waals surface area contributed by atoms with Crippen molar-refractivity contribution in [2.45, 2.75) is 6.10 Å². The summed E-state index contributed by atoms with van der Waals surface area (Å²) in [6.45, 7) is 1.29. The number of morpholine rings is 1. The van der Waals surface area contributed by atoms with Gasteiger partial charge in [0.15, 0.2) is 0 Å². The Kier molecular flexibility index (Phi) is 4.52. The molecule has 5 nitrogen and oxygen atoms in total. The van der Waals surface area contributed by atoms with Gasteiger partial charge in [-0.25, -0.2) is 4.39 Å². The van der Waals surface area contributed by atoms with E-state index in [1.165, 1.54) is 25.3 Å². The average Bonchev–Trinajstić information content (AvgIpc) is 2.62. The van der Waals surface area contributed by atoms with E-state index >= 15 is 0 Å². The van der Waals surface area contributed by atoms with Gasteiger partial charge in [0.2, 0.25) is 0 Å². The third-order valence-corrected chi connectivity index (χ3v) is 3.82. The molecular weight excluding hydrogens is 299 g/mol. The molecule has 0 N–H and O–H groups in total. The first-order chi connectivity index (χ1) is 11.2. The molecule has 1 fully saturated rings. The van der Waals surface area contributed by atoms with Crippen LogP contribution in [0, 0.1) is 5.82 Å². The molecule has 23 heavy (non-hydrogen) atoms. The van der Waals surface area contributed by atoms with Crippen LogP contribution in [0.4, 0.5) is 4.39 Å². The van der Waals surface area contributed by atoms with Crippen LogP contribution in [0.2, 0.25) is 0 Å². The smallest absolute Gasteiger partial charge is 0.257 e. The highest BCUT2D eigenvalue weighted by molar-refractivity contribution is 5.97. The Hall–Kier alpha value is -2.47. The summed E-state index contributed by atoms with van der Waals surface area (Å²) >= 11 is 0. The fraction of sp³-hybridized carbons (Fsp3) is 0.294. The SMILES string of the molecule is COc1ccc(F)cc1C(=O)N1CCOC(c2ccncc2)C1. The lowest BCUT2D eigenvalue weighted by Crippen LogP contribution is -2.42. The highest BCUT2D eigenvalue weighted by Crippen LogP contribution is 2.26. The molecule has 1 unspecified atom stereocenters. The zero-order chi connectivity index (χ0) is 16.2. The fourth-order valence-electron chi connectivity index (χ4n) is 2.63. The van der Waals surface area contributed by atoms with Crippen molar-refractivity contribution in [3.8, 4) is 5.75 Å². The van der Waals surface area contributed by atoms with Gasteiger partial charge in [0.05, 0.1) is 25.8 Å². The van der Waals surface area contributed by atoms with Gasteiger partial charge in [0.25, 0.3) is 5.91 Å². The molecular formula is C17H17FN2O3. The number of ether oxygens (including phenoxy) is 2. The van der Waals surface area contributed by atoms with E-state index < -0.39 is 5.82 Å². The molecule has 1 amide bonds. The summed E-state index contributed by atoms with van der Waals surface area (Å²) in [7, 11) is 1.46. The number of carbonyl (C=O) groups is 1. The number of amides is 1. The quantitative estimate of drug-likeness (QED) is 0.873. The second-order valence-electron chi connectivity index (χ2n) is 5.24. The van der Waals surface area contributed by atoms with Crippen LogP contribution in [-0.4, -0.2) is 42.6 Å². The minimum atomic E-state index is -0.465. The Labute approximate surface area is 133 Å². The molecule has 1 saturated heterocycles. The second kappa shape index (κ2) is 6.75. The number of aromatic nitrogens is 1. The van der Waals surface area contributed by atoms with Gasteiger partial charge in [-0.3, -0.25) is 9.78 Å². The number of hydrogen-bond donors (Lipinski definition) is 0. The summed E-state index contributed by atoms with van der Waals surface area (Å²) in [6.07, 6.45) is 3.17. The zero-order valence-electron chi connectivity index (χ0n) is 12.7. The minimum Gasteiger partial charge on any atom is -0.496 e. The summed E-state index contributed by atoms with van der Waals surface area (Å²) in [4.78, 5) is 18.4. The number of benzene rings is 1. The zero-order valence-corrected chi connectivity index (χ0v) is 12.7. The predicted molar refractivity (Wildman–Crippen MR) is 81.8 cm³/mol. The van der Waals surface area contributed by atoms with E-state index in [1.54, 1.807) is 17.3 Å². The third kappa shape index (κ3) is 3.32. The molecule has 2 heterocycles. The molecule has 1 aromatic heterocycles. The molecule has 0 aliphatic carbocycles. The Morgan fingerprint density at radius 3 is 2.87 bits per heavy atom. The maximum Gasteiger partial charge on any atom is 0.257 e. The lowest BCUT2D eigenvalue weighted by Gasteiger charge is -2.33. The Morgan fingerprint density at radius 1 is 1.35 bits per heavy atom. The molecule has 2 aromatic rings. The number of pyridine rings is 1. The Bertz CT molecular complexity index is 693. The first-order valence-electron chi connectivity index (χ1n) is 7.33. The van der Waals surface area contributed by atoms with Crippen molar-refractivity contribution < 1.29 is 18.7 Å². The van der Waals surface area contributed by atoms with Crippen molar-refractivity contribution in [1.29, 1.82) is 0 Å². The van der Waals surface area contributed by atoms with Crippen LogP contribution >= 0.6 is 0 Å². The number of hydrogen-bond acceptors (Lipinski definition) is 4. The first kappa shape index (κ1) is 15.4. The molecule has 0 bridgehead atoms. The fourth-order valence-corrected chi connectivity index (χ4v) is 2.63. The van der Waals surface area contributed by atoms with Crippen molar-refractivity contribution in [2.24, 2.45) is 0 Å². The van der Waals surface area contributed by atoms with Crippen LogP contribution < -0.4 is 4.74 Å².